The molecule has 2 aromatic rings. The van der Waals surface area contributed by atoms with Crippen molar-refractivity contribution < 1.29 is 18.0 Å². The number of nitrogens with zero attached hydrogens (tertiary/aromatic N) is 1. The van der Waals surface area contributed by atoms with Gasteiger partial charge in [-0.15, -0.1) is 0 Å². The van der Waals surface area contributed by atoms with Crippen molar-refractivity contribution in [3.63, 3.8) is 0 Å². The molecule has 0 saturated heterocycles. The smallest absolute Gasteiger partial charge is 0.386 e. The molecule has 1 amide bonds. The van der Waals surface area contributed by atoms with Crippen LogP contribution >= 0.6 is 0 Å². The molecule has 30 heavy (non-hydrogen) atoms. The second kappa shape index (κ2) is 10.5. The SMILES string of the molecule is CCCNC(=O)c1[nH]c(/C(C=N)=C/NCc2cccc(C(F)(F)F)c2)nc1NCC. The van der Waals surface area contributed by atoms with Gasteiger partial charge in [0.2, 0.25) is 0 Å². The third-order valence-corrected chi connectivity index (χ3v) is 4.06. The fourth-order valence-electron chi connectivity index (χ4n) is 2.61. The molecule has 1 aromatic heterocycles. The molecule has 5 N–H and O–H groups in total. The number of amides is 1. The van der Waals surface area contributed by atoms with Crippen LogP contribution in [0.4, 0.5) is 19.0 Å². The summed E-state index contributed by atoms with van der Waals surface area (Å²) in [6, 6.07) is 5.00. The number of aromatic nitrogens is 2. The highest BCUT2D eigenvalue weighted by atomic mass is 19.4. The minimum Gasteiger partial charge on any atom is -0.386 e. The van der Waals surface area contributed by atoms with E-state index in [1.54, 1.807) is 6.07 Å². The van der Waals surface area contributed by atoms with E-state index in [2.05, 4.69) is 25.9 Å². The highest BCUT2D eigenvalue weighted by molar-refractivity contribution is 6.07. The van der Waals surface area contributed by atoms with Crippen molar-refractivity contribution in [3.8, 4) is 0 Å². The zero-order valence-corrected chi connectivity index (χ0v) is 16.8. The van der Waals surface area contributed by atoms with Crippen LogP contribution in [0.5, 0.6) is 0 Å². The lowest BCUT2D eigenvalue weighted by Gasteiger charge is -2.09. The summed E-state index contributed by atoms with van der Waals surface area (Å²) >= 11 is 0. The standard InChI is InChI=1S/C20H25F3N6O/c1-3-8-27-19(30)16-18(26-4-2)29-17(28-16)14(10-24)12-25-11-13-6-5-7-15(9-13)20(21,22)23/h5-7,9-10,12,24-26H,3-4,8,11H2,1-2H3,(H,27,30)(H,28,29)/b14-12+,24-10?. The molecule has 0 atom stereocenters. The van der Waals surface area contributed by atoms with E-state index in [1.165, 1.54) is 12.3 Å². The Kier molecular flexibility index (Phi) is 8.02. The number of anilines is 1. The van der Waals surface area contributed by atoms with E-state index in [0.29, 0.717) is 35.9 Å². The molecule has 1 heterocycles. The van der Waals surface area contributed by atoms with Crippen molar-refractivity contribution in [2.45, 2.75) is 33.0 Å². The lowest BCUT2D eigenvalue weighted by atomic mass is 10.1. The average Bonchev–Trinajstić information content (AvgIpc) is 3.13. The number of rotatable bonds is 10. The average molecular weight is 422 g/mol. The molecule has 0 unspecified atom stereocenters. The Bertz CT molecular complexity index is 904. The third-order valence-electron chi connectivity index (χ3n) is 4.06. The minimum atomic E-state index is -4.41. The summed E-state index contributed by atoms with van der Waals surface area (Å²) in [5.41, 5.74) is 0.321. The quantitative estimate of drug-likeness (QED) is 0.376. The van der Waals surface area contributed by atoms with Crippen LogP contribution in [-0.2, 0) is 12.7 Å². The molecule has 0 fully saturated rings. The number of benzene rings is 1. The van der Waals surface area contributed by atoms with Gasteiger partial charge >= 0.3 is 6.18 Å². The first kappa shape index (κ1) is 23.0. The molecule has 0 aliphatic rings. The third kappa shape index (κ3) is 6.10. The lowest BCUT2D eigenvalue weighted by molar-refractivity contribution is -0.137. The molecule has 0 bridgehead atoms. The van der Waals surface area contributed by atoms with Gasteiger partial charge in [0, 0.05) is 32.0 Å². The first-order chi connectivity index (χ1) is 14.3. The number of carbonyl (C=O) groups is 1. The Morgan fingerprint density at radius 1 is 1.30 bits per heavy atom. The van der Waals surface area contributed by atoms with Crippen molar-refractivity contribution >= 4 is 23.5 Å². The second-order valence-corrected chi connectivity index (χ2v) is 6.42. The van der Waals surface area contributed by atoms with Gasteiger partial charge < -0.3 is 26.3 Å². The van der Waals surface area contributed by atoms with E-state index < -0.39 is 11.7 Å². The van der Waals surface area contributed by atoms with Crippen LogP contribution in [0.2, 0.25) is 0 Å². The molecule has 0 aliphatic heterocycles. The Labute approximate surface area is 172 Å². The summed E-state index contributed by atoms with van der Waals surface area (Å²) in [4.78, 5) is 19.6. The predicted molar refractivity (Wildman–Crippen MR) is 110 cm³/mol. The van der Waals surface area contributed by atoms with Crippen LogP contribution in [0.15, 0.2) is 30.5 Å². The molecule has 0 saturated carbocycles. The van der Waals surface area contributed by atoms with Gasteiger partial charge in [-0.25, -0.2) is 4.98 Å². The van der Waals surface area contributed by atoms with E-state index in [-0.39, 0.29) is 18.1 Å². The van der Waals surface area contributed by atoms with Crippen LogP contribution in [0.1, 0.15) is 47.7 Å². The number of imidazole rings is 1. The van der Waals surface area contributed by atoms with Gasteiger partial charge in [0.1, 0.15) is 11.5 Å². The van der Waals surface area contributed by atoms with E-state index in [0.717, 1.165) is 24.8 Å². The number of halogens is 3. The molecular weight excluding hydrogens is 397 g/mol. The van der Waals surface area contributed by atoms with Crippen molar-refractivity contribution in [3.05, 3.63) is 53.1 Å². The lowest BCUT2D eigenvalue weighted by Crippen LogP contribution is -2.25. The molecule has 2 rings (SSSR count). The van der Waals surface area contributed by atoms with Gasteiger partial charge in [-0.2, -0.15) is 13.2 Å². The number of H-pyrrole nitrogens is 1. The van der Waals surface area contributed by atoms with Crippen LogP contribution < -0.4 is 16.0 Å². The fourth-order valence-corrected chi connectivity index (χ4v) is 2.61. The maximum absolute atomic E-state index is 12.8. The van der Waals surface area contributed by atoms with E-state index in [9.17, 15) is 18.0 Å². The molecule has 0 spiro atoms. The normalized spacial score (nSPS) is 11.8. The monoisotopic (exact) mass is 422 g/mol. The van der Waals surface area contributed by atoms with Gasteiger partial charge in [0.15, 0.2) is 5.82 Å². The summed E-state index contributed by atoms with van der Waals surface area (Å²) in [5.74, 6) is 0.346. The first-order valence-electron chi connectivity index (χ1n) is 9.52. The second-order valence-electron chi connectivity index (χ2n) is 6.42. The highest BCUT2D eigenvalue weighted by Crippen LogP contribution is 2.29. The van der Waals surface area contributed by atoms with Crippen molar-refractivity contribution in [2.24, 2.45) is 0 Å². The van der Waals surface area contributed by atoms with Crippen molar-refractivity contribution in [1.29, 1.82) is 5.41 Å². The zero-order valence-electron chi connectivity index (χ0n) is 16.8. The van der Waals surface area contributed by atoms with Crippen LogP contribution in [0, 0.1) is 5.41 Å². The van der Waals surface area contributed by atoms with E-state index >= 15 is 0 Å². The maximum Gasteiger partial charge on any atom is 0.416 e. The van der Waals surface area contributed by atoms with E-state index in [1.807, 2.05) is 13.8 Å². The number of nitrogens with one attached hydrogen (secondary N) is 5. The van der Waals surface area contributed by atoms with Gasteiger partial charge in [-0.05, 0) is 31.0 Å². The summed E-state index contributed by atoms with van der Waals surface area (Å²) in [7, 11) is 0. The minimum absolute atomic E-state index is 0.131. The Morgan fingerprint density at radius 3 is 2.70 bits per heavy atom. The first-order valence-corrected chi connectivity index (χ1v) is 9.52. The van der Waals surface area contributed by atoms with Gasteiger partial charge in [0.05, 0.1) is 11.1 Å². The fraction of sp³-hybridized carbons (Fsp3) is 0.350. The number of carbonyl (C=O) groups excluding carboxylic acids is 1. The van der Waals surface area contributed by atoms with Crippen LogP contribution in [0.3, 0.4) is 0 Å². The van der Waals surface area contributed by atoms with Crippen LogP contribution in [-0.4, -0.2) is 35.2 Å². The summed E-state index contributed by atoms with van der Waals surface area (Å²) < 4.78 is 38.5. The zero-order chi connectivity index (χ0) is 22.1. The summed E-state index contributed by atoms with van der Waals surface area (Å²) in [6.45, 7) is 5.01. The molecule has 10 heteroatoms. The largest absolute Gasteiger partial charge is 0.416 e. The topological polar surface area (TPSA) is 106 Å². The Hall–Kier alpha value is -3.30. The summed E-state index contributed by atoms with van der Waals surface area (Å²) in [6.07, 6.45) is -1.11. The van der Waals surface area contributed by atoms with Gasteiger partial charge in [0.25, 0.3) is 5.91 Å². The highest BCUT2D eigenvalue weighted by Gasteiger charge is 2.30. The number of alkyl halides is 3. The van der Waals surface area contributed by atoms with Gasteiger partial charge in [-0.1, -0.05) is 19.1 Å². The van der Waals surface area contributed by atoms with Crippen molar-refractivity contribution in [1.82, 2.24) is 20.6 Å². The van der Waals surface area contributed by atoms with E-state index in [4.69, 9.17) is 5.41 Å². The number of hydrogen-bond donors (Lipinski definition) is 5. The molecule has 1 aromatic carbocycles. The predicted octanol–water partition coefficient (Wildman–Crippen LogP) is 3.78. The van der Waals surface area contributed by atoms with Gasteiger partial charge in [-0.3, -0.25) is 4.79 Å². The van der Waals surface area contributed by atoms with Crippen molar-refractivity contribution in [2.75, 3.05) is 18.4 Å². The summed E-state index contributed by atoms with van der Waals surface area (Å²) in [5, 5.41) is 16.3. The molecule has 0 radical (unpaired) electrons. The number of hydrogen-bond acceptors (Lipinski definition) is 5. The maximum atomic E-state index is 12.8. The molecule has 0 aliphatic carbocycles. The van der Waals surface area contributed by atoms with Crippen LogP contribution in [0.25, 0.3) is 5.57 Å². The number of aromatic amines is 1. The Morgan fingerprint density at radius 2 is 2.07 bits per heavy atom. The number of allylic oxidation sites excluding steroid dienone is 1. The molecular formula is C20H25F3N6O. The Balaban J connectivity index is 2.18. The molecule has 162 valence electrons. The molecule has 7 nitrogen and oxygen atoms in total.